The van der Waals surface area contributed by atoms with E-state index >= 15 is 0 Å². The highest BCUT2D eigenvalue weighted by molar-refractivity contribution is 5.84. The van der Waals surface area contributed by atoms with Crippen LogP contribution in [0, 0.1) is 12.3 Å². The maximum absolute atomic E-state index is 12.3. The Morgan fingerprint density at radius 1 is 1.36 bits per heavy atom. The van der Waals surface area contributed by atoms with Gasteiger partial charge in [-0.3, -0.25) is 9.78 Å². The standard InChI is InChI=1S/C18H23N5O2/c1-11-9-13(25-2)7-8-15(11)21-18-22-16(14(10-19)17(24)23-18)20-12-5-3-4-6-12/h7-10,12,19H,3-6H2,1-2H3,(H3,20,21,22,23,24). The molecule has 1 fully saturated rings. The number of hydrogen-bond donors (Lipinski definition) is 4. The zero-order valence-corrected chi connectivity index (χ0v) is 14.5. The molecule has 0 unspecified atom stereocenters. The number of benzene rings is 1. The summed E-state index contributed by atoms with van der Waals surface area (Å²) < 4.78 is 5.21. The molecule has 4 N–H and O–H groups in total. The number of nitrogens with zero attached hydrogens (tertiary/aromatic N) is 1. The second-order valence-corrected chi connectivity index (χ2v) is 6.25. The number of aromatic amines is 1. The molecule has 0 saturated heterocycles. The van der Waals surface area contributed by atoms with E-state index in [1.54, 1.807) is 7.11 Å². The molecule has 1 aromatic carbocycles. The molecular weight excluding hydrogens is 318 g/mol. The number of H-pyrrole nitrogens is 1. The number of aromatic nitrogens is 2. The van der Waals surface area contributed by atoms with Crippen molar-refractivity contribution in [2.24, 2.45) is 0 Å². The number of nitrogens with one attached hydrogen (secondary N) is 4. The Balaban J connectivity index is 1.89. The van der Waals surface area contributed by atoms with Crippen molar-refractivity contribution in [3.05, 3.63) is 39.7 Å². The average molecular weight is 341 g/mol. The highest BCUT2D eigenvalue weighted by Gasteiger charge is 2.18. The molecule has 1 aliphatic carbocycles. The number of hydrogen-bond acceptors (Lipinski definition) is 6. The summed E-state index contributed by atoms with van der Waals surface area (Å²) >= 11 is 0. The number of aryl methyl sites for hydroxylation is 1. The summed E-state index contributed by atoms with van der Waals surface area (Å²) in [4.78, 5) is 19.5. The summed E-state index contributed by atoms with van der Waals surface area (Å²) in [6.07, 6.45) is 5.53. The van der Waals surface area contributed by atoms with Gasteiger partial charge in [0.2, 0.25) is 5.95 Å². The normalized spacial score (nSPS) is 14.3. The lowest BCUT2D eigenvalue weighted by Gasteiger charge is -2.16. The van der Waals surface area contributed by atoms with Crippen molar-refractivity contribution in [1.82, 2.24) is 9.97 Å². The van der Waals surface area contributed by atoms with Crippen LogP contribution in [-0.2, 0) is 0 Å². The summed E-state index contributed by atoms with van der Waals surface area (Å²) in [6.45, 7) is 1.95. The Bertz CT molecular complexity index is 825. The van der Waals surface area contributed by atoms with Gasteiger partial charge in [-0.05, 0) is 43.5 Å². The Morgan fingerprint density at radius 2 is 2.12 bits per heavy atom. The lowest BCUT2D eigenvalue weighted by atomic mass is 10.2. The lowest BCUT2D eigenvalue weighted by Crippen LogP contribution is -2.23. The van der Waals surface area contributed by atoms with Gasteiger partial charge in [0.1, 0.15) is 11.6 Å². The van der Waals surface area contributed by atoms with E-state index < -0.39 is 0 Å². The molecule has 0 spiro atoms. The minimum Gasteiger partial charge on any atom is -0.497 e. The number of anilines is 3. The maximum atomic E-state index is 12.3. The molecule has 1 saturated carbocycles. The quantitative estimate of drug-likeness (QED) is 0.604. The minimum atomic E-state index is -0.334. The molecule has 0 radical (unpaired) electrons. The van der Waals surface area contributed by atoms with Crippen LogP contribution in [0.4, 0.5) is 17.5 Å². The summed E-state index contributed by atoms with van der Waals surface area (Å²) in [5, 5.41) is 14.0. The average Bonchev–Trinajstić information content (AvgIpc) is 3.09. The van der Waals surface area contributed by atoms with Gasteiger partial charge in [-0.1, -0.05) is 12.8 Å². The molecule has 1 heterocycles. The van der Waals surface area contributed by atoms with E-state index in [0.717, 1.165) is 36.1 Å². The Morgan fingerprint density at radius 3 is 2.76 bits per heavy atom. The highest BCUT2D eigenvalue weighted by Crippen LogP contribution is 2.25. The van der Waals surface area contributed by atoms with Crippen LogP contribution in [0.15, 0.2) is 23.0 Å². The van der Waals surface area contributed by atoms with Gasteiger partial charge in [0.05, 0.1) is 12.7 Å². The first-order valence-electron chi connectivity index (χ1n) is 8.43. The molecule has 1 aromatic heterocycles. The third kappa shape index (κ3) is 3.81. The van der Waals surface area contributed by atoms with E-state index in [0.29, 0.717) is 17.8 Å². The van der Waals surface area contributed by atoms with Crippen LogP contribution in [0.2, 0.25) is 0 Å². The van der Waals surface area contributed by atoms with Gasteiger partial charge in [0, 0.05) is 17.9 Å². The van der Waals surface area contributed by atoms with Gasteiger partial charge in [0.15, 0.2) is 0 Å². The van der Waals surface area contributed by atoms with Gasteiger partial charge in [-0.15, -0.1) is 0 Å². The second-order valence-electron chi connectivity index (χ2n) is 6.25. The molecule has 7 nitrogen and oxygen atoms in total. The van der Waals surface area contributed by atoms with Crippen molar-refractivity contribution in [3.8, 4) is 5.75 Å². The molecule has 3 rings (SSSR count). The van der Waals surface area contributed by atoms with Crippen molar-refractivity contribution in [2.75, 3.05) is 17.7 Å². The molecule has 0 aliphatic heterocycles. The molecule has 0 atom stereocenters. The fraction of sp³-hybridized carbons (Fsp3) is 0.389. The van der Waals surface area contributed by atoms with E-state index in [1.807, 2.05) is 25.1 Å². The third-order valence-electron chi connectivity index (χ3n) is 4.48. The zero-order valence-electron chi connectivity index (χ0n) is 14.5. The monoisotopic (exact) mass is 341 g/mol. The molecule has 132 valence electrons. The fourth-order valence-electron chi connectivity index (χ4n) is 3.08. The SMILES string of the molecule is COc1ccc(Nc2nc(NC3CCCC3)c(C=N)c(=O)[nH]2)c(C)c1. The van der Waals surface area contributed by atoms with Crippen LogP contribution in [0.25, 0.3) is 0 Å². The molecule has 2 aromatic rings. The first-order valence-corrected chi connectivity index (χ1v) is 8.43. The van der Waals surface area contributed by atoms with Crippen LogP contribution in [0.1, 0.15) is 36.8 Å². The molecule has 7 heteroatoms. The van der Waals surface area contributed by atoms with Crippen LogP contribution in [0.5, 0.6) is 5.75 Å². The summed E-state index contributed by atoms with van der Waals surface area (Å²) in [7, 11) is 1.62. The molecular formula is C18H23N5O2. The van der Waals surface area contributed by atoms with Gasteiger partial charge in [0.25, 0.3) is 5.56 Å². The summed E-state index contributed by atoms with van der Waals surface area (Å²) in [5.74, 6) is 1.58. The molecule has 1 aliphatic rings. The van der Waals surface area contributed by atoms with E-state index in [-0.39, 0.29) is 11.1 Å². The second kappa shape index (κ2) is 7.38. The predicted octanol–water partition coefficient (Wildman–Crippen LogP) is 3.18. The molecule has 0 amide bonds. The molecule has 25 heavy (non-hydrogen) atoms. The lowest BCUT2D eigenvalue weighted by molar-refractivity contribution is 0.414. The highest BCUT2D eigenvalue weighted by atomic mass is 16.5. The van der Waals surface area contributed by atoms with Crippen LogP contribution < -0.4 is 20.9 Å². The van der Waals surface area contributed by atoms with E-state index in [4.69, 9.17) is 10.1 Å². The minimum absolute atomic E-state index is 0.254. The predicted molar refractivity (Wildman–Crippen MR) is 99.6 cm³/mol. The number of ether oxygens (including phenoxy) is 1. The Kier molecular flexibility index (Phi) is 5.02. The largest absolute Gasteiger partial charge is 0.497 e. The third-order valence-corrected chi connectivity index (χ3v) is 4.48. The Hall–Kier alpha value is -2.83. The van der Waals surface area contributed by atoms with Crippen molar-refractivity contribution in [2.45, 2.75) is 38.6 Å². The van der Waals surface area contributed by atoms with Crippen molar-refractivity contribution in [3.63, 3.8) is 0 Å². The van der Waals surface area contributed by atoms with Gasteiger partial charge in [-0.2, -0.15) is 4.98 Å². The number of methoxy groups -OCH3 is 1. The van der Waals surface area contributed by atoms with Crippen molar-refractivity contribution < 1.29 is 4.74 Å². The maximum Gasteiger partial charge on any atom is 0.263 e. The fourth-order valence-corrected chi connectivity index (χ4v) is 3.08. The summed E-state index contributed by atoms with van der Waals surface area (Å²) in [5.41, 5.74) is 1.73. The van der Waals surface area contributed by atoms with Crippen molar-refractivity contribution in [1.29, 1.82) is 5.41 Å². The van der Waals surface area contributed by atoms with Gasteiger partial charge >= 0.3 is 0 Å². The number of rotatable bonds is 6. The van der Waals surface area contributed by atoms with Gasteiger partial charge < -0.3 is 20.8 Å². The zero-order chi connectivity index (χ0) is 17.8. The smallest absolute Gasteiger partial charge is 0.263 e. The van der Waals surface area contributed by atoms with E-state index in [9.17, 15) is 4.79 Å². The topological polar surface area (TPSA) is 103 Å². The van der Waals surface area contributed by atoms with E-state index in [2.05, 4.69) is 20.6 Å². The van der Waals surface area contributed by atoms with Gasteiger partial charge in [-0.25, -0.2) is 0 Å². The van der Waals surface area contributed by atoms with Crippen LogP contribution in [0.3, 0.4) is 0 Å². The van der Waals surface area contributed by atoms with Crippen molar-refractivity contribution >= 4 is 23.7 Å². The summed E-state index contributed by atoms with van der Waals surface area (Å²) in [6, 6.07) is 5.94. The Labute approximate surface area is 146 Å². The van der Waals surface area contributed by atoms with Crippen LogP contribution >= 0.6 is 0 Å². The first kappa shape index (κ1) is 17.0. The first-order chi connectivity index (χ1) is 12.1. The van der Waals surface area contributed by atoms with Crippen LogP contribution in [-0.4, -0.2) is 29.3 Å². The van der Waals surface area contributed by atoms with E-state index in [1.165, 1.54) is 12.8 Å². The molecule has 0 bridgehead atoms.